The van der Waals surface area contributed by atoms with Gasteiger partial charge in [0.05, 0.1) is 8.67 Å². The molecule has 4 heteroatoms. The Hall–Kier alpha value is 0.240. The van der Waals surface area contributed by atoms with E-state index in [1.54, 1.807) is 0 Å². The zero-order valence-corrected chi connectivity index (χ0v) is 13.2. The van der Waals surface area contributed by atoms with E-state index in [1.807, 2.05) is 6.07 Å². The highest BCUT2D eigenvalue weighted by Crippen LogP contribution is 2.38. The number of halogens is 2. The first-order chi connectivity index (χ1) is 8.70. The van der Waals surface area contributed by atoms with Gasteiger partial charge in [0.2, 0.25) is 0 Å². The van der Waals surface area contributed by atoms with E-state index >= 15 is 0 Å². The fourth-order valence-corrected chi connectivity index (χ4v) is 4.49. The van der Waals surface area contributed by atoms with E-state index in [1.165, 1.54) is 55.4 Å². The first-order valence-electron chi connectivity index (χ1n) is 6.88. The molecule has 1 aliphatic carbocycles. The van der Waals surface area contributed by atoms with Crippen LogP contribution in [0.1, 0.15) is 57.1 Å². The lowest BCUT2D eigenvalue weighted by Gasteiger charge is -2.19. The van der Waals surface area contributed by atoms with Crippen molar-refractivity contribution in [3.8, 4) is 0 Å². The Kier molecular flexibility index (Phi) is 5.81. The highest BCUT2D eigenvalue weighted by Gasteiger charge is 2.20. The minimum atomic E-state index is 0.367. The molecule has 1 saturated carbocycles. The lowest BCUT2D eigenvalue weighted by atomic mass is 9.96. The Morgan fingerprint density at radius 3 is 2.67 bits per heavy atom. The summed E-state index contributed by atoms with van der Waals surface area (Å²) in [6.07, 6.45) is 8.14. The van der Waals surface area contributed by atoms with Gasteiger partial charge in [0.25, 0.3) is 0 Å². The third-order valence-electron chi connectivity index (χ3n) is 3.85. The molecule has 0 saturated heterocycles. The number of nitrogens with one attached hydrogen (secondary N) is 1. The summed E-state index contributed by atoms with van der Waals surface area (Å²) in [4.78, 5) is 0. The molecule has 102 valence electrons. The van der Waals surface area contributed by atoms with Crippen LogP contribution in [-0.4, -0.2) is 6.54 Å². The quantitative estimate of drug-likeness (QED) is 0.713. The van der Waals surface area contributed by atoms with Crippen LogP contribution in [0.2, 0.25) is 8.67 Å². The monoisotopic (exact) mass is 305 g/mol. The van der Waals surface area contributed by atoms with Gasteiger partial charge in [-0.1, -0.05) is 55.8 Å². The Balaban J connectivity index is 1.96. The van der Waals surface area contributed by atoms with E-state index in [9.17, 15) is 0 Å². The van der Waals surface area contributed by atoms with Crippen LogP contribution in [0.5, 0.6) is 0 Å². The average Bonchev–Trinajstić information content (AvgIpc) is 2.94. The predicted molar refractivity (Wildman–Crippen MR) is 81.9 cm³/mol. The lowest BCUT2D eigenvalue weighted by molar-refractivity contribution is 0.417. The molecule has 0 bridgehead atoms. The van der Waals surface area contributed by atoms with Gasteiger partial charge in [-0.05, 0) is 31.4 Å². The first kappa shape index (κ1) is 14.6. The molecule has 0 radical (unpaired) electrons. The Labute approximate surface area is 124 Å². The van der Waals surface area contributed by atoms with Crippen molar-refractivity contribution in [1.29, 1.82) is 0 Å². The van der Waals surface area contributed by atoms with Crippen LogP contribution in [0.25, 0.3) is 0 Å². The molecule has 1 nitrogen and oxygen atoms in total. The van der Waals surface area contributed by atoms with Gasteiger partial charge < -0.3 is 5.32 Å². The van der Waals surface area contributed by atoms with Gasteiger partial charge >= 0.3 is 0 Å². The van der Waals surface area contributed by atoms with Gasteiger partial charge in [-0.2, -0.15) is 0 Å². The van der Waals surface area contributed by atoms with E-state index in [0.29, 0.717) is 6.04 Å². The van der Waals surface area contributed by atoms with E-state index in [-0.39, 0.29) is 0 Å². The van der Waals surface area contributed by atoms with Crippen LogP contribution in [-0.2, 0) is 0 Å². The highest BCUT2D eigenvalue weighted by atomic mass is 35.5. The standard InChI is InChI=1S/C14H21Cl2NS/c1-2-17-12(8-7-10-5-3-4-6-10)11-9-13(15)18-14(11)16/h9-10,12,17H,2-8H2,1H3. The molecule has 0 spiro atoms. The highest BCUT2D eigenvalue weighted by molar-refractivity contribution is 7.20. The van der Waals surface area contributed by atoms with E-state index in [2.05, 4.69) is 12.2 Å². The minimum Gasteiger partial charge on any atom is -0.310 e. The summed E-state index contributed by atoms with van der Waals surface area (Å²) < 4.78 is 1.64. The molecular formula is C14H21Cl2NS. The van der Waals surface area contributed by atoms with Gasteiger partial charge in [0.1, 0.15) is 0 Å². The van der Waals surface area contributed by atoms with E-state index in [4.69, 9.17) is 23.2 Å². The largest absolute Gasteiger partial charge is 0.310 e. The Bertz CT molecular complexity index is 372. The second-order valence-electron chi connectivity index (χ2n) is 5.12. The Morgan fingerprint density at radius 1 is 1.39 bits per heavy atom. The topological polar surface area (TPSA) is 12.0 Å². The van der Waals surface area contributed by atoms with Gasteiger partial charge in [-0.3, -0.25) is 0 Å². The molecule has 0 aromatic carbocycles. The minimum absolute atomic E-state index is 0.367. The molecule has 2 rings (SSSR count). The van der Waals surface area contributed by atoms with Crippen molar-refractivity contribution in [3.63, 3.8) is 0 Å². The molecular weight excluding hydrogens is 285 g/mol. The molecule has 0 aliphatic heterocycles. The third-order valence-corrected chi connectivity index (χ3v) is 5.37. The molecule has 1 aliphatic rings. The van der Waals surface area contributed by atoms with Crippen molar-refractivity contribution in [2.45, 2.75) is 51.5 Å². The van der Waals surface area contributed by atoms with E-state index in [0.717, 1.165) is 21.1 Å². The second-order valence-corrected chi connectivity index (χ2v) is 7.40. The summed E-state index contributed by atoms with van der Waals surface area (Å²) in [6, 6.07) is 2.39. The summed E-state index contributed by atoms with van der Waals surface area (Å²) in [5.41, 5.74) is 1.19. The fourth-order valence-electron chi connectivity index (χ4n) is 2.91. The summed E-state index contributed by atoms with van der Waals surface area (Å²) in [5, 5.41) is 3.54. The van der Waals surface area contributed by atoms with Crippen molar-refractivity contribution in [1.82, 2.24) is 5.32 Å². The van der Waals surface area contributed by atoms with Crippen molar-refractivity contribution < 1.29 is 0 Å². The maximum absolute atomic E-state index is 6.27. The molecule has 1 atom stereocenters. The van der Waals surface area contributed by atoms with Gasteiger partial charge in [0.15, 0.2) is 0 Å². The maximum atomic E-state index is 6.27. The number of thiophene rings is 1. The molecule has 1 N–H and O–H groups in total. The van der Waals surface area contributed by atoms with Crippen LogP contribution in [0.3, 0.4) is 0 Å². The van der Waals surface area contributed by atoms with Crippen molar-refractivity contribution >= 4 is 34.5 Å². The molecule has 1 aromatic heterocycles. The number of hydrogen-bond donors (Lipinski definition) is 1. The average molecular weight is 306 g/mol. The first-order valence-corrected chi connectivity index (χ1v) is 8.46. The summed E-state index contributed by atoms with van der Waals surface area (Å²) >= 11 is 13.8. The summed E-state index contributed by atoms with van der Waals surface area (Å²) in [5.74, 6) is 0.930. The smallest absolute Gasteiger partial charge is 0.0991 e. The Morgan fingerprint density at radius 2 is 2.11 bits per heavy atom. The number of hydrogen-bond acceptors (Lipinski definition) is 2. The molecule has 1 unspecified atom stereocenters. The van der Waals surface area contributed by atoms with Gasteiger partial charge in [0, 0.05) is 11.6 Å². The van der Waals surface area contributed by atoms with Crippen LogP contribution < -0.4 is 5.32 Å². The molecule has 1 fully saturated rings. The van der Waals surface area contributed by atoms with Crippen LogP contribution in [0.15, 0.2) is 6.07 Å². The zero-order valence-electron chi connectivity index (χ0n) is 10.8. The van der Waals surface area contributed by atoms with Crippen molar-refractivity contribution in [3.05, 3.63) is 20.3 Å². The number of rotatable bonds is 6. The van der Waals surface area contributed by atoms with Crippen molar-refractivity contribution in [2.75, 3.05) is 6.54 Å². The fraction of sp³-hybridized carbons (Fsp3) is 0.714. The molecule has 1 aromatic rings. The van der Waals surface area contributed by atoms with Gasteiger partial charge in [-0.25, -0.2) is 0 Å². The van der Waals surface area contributed by atoms with Crippen molar-refractivity contribution in [2.24, 2.45) is 5.92 Å². The van der Waals surface area contributed by atoms with Crippen LogP contribution in [0.4, 0.5) is 0 Å². The normalized spacial score (nSPS) is 18.4. The summed E-state index contributed by atoms with van der Waals surface area (Å²) in [6.45, 7) is 3.11. The van der Waals surface area contributed by atoms with Crippen LogP contribution >= 0.6 is 34.5 Å². The molecule has 0 amide bonds. The zero-order chi connectivity index (χ0) is 13.0. The SMILES string of the molecule is CCNC(CCC1CCCC1)c1cc(Cl)sc1Cl. The molecule has 1 heterocycles. The predicted octanol–water partition coefficient (Wildman–Crippen LogP) is 5.68. The van der Waals surface area contributed by atoms with Gasteiger partial charge in [-0.15, -0.1) is 11.3 Å². The maximum Gasteiger partial charge on any atom is 0.0991 e. The second kappa shape index (κ2) is 7.14. The van der Waals surface area contributed by atoms with Crippen LogP contribution in [0, 0.1) is 5.92 Å². The third kappa shape index (κ3) is 3.86. The molecule has 18 heavy (non-hydrogen) atoms. The summed E-state index contributed by atoms with van der Waals surface area (Å²) in [7, 11) is 0. The lowest BCUT2D eigenvalue weighted by Crippen LogP contribution is -2.21. The van der Waals surface area contributed by atoms with E-state index < -0.39 is 0 Å².